The van der Waals surface area contributed by atoms with E-state index >= 15 is 0 Å². The monoisotopic (exact) mass is 177 g/mol. The highest BCUT2D eigenvalue weighted by Gasteiger charge is 2.23. The molecule has 1 aromatic carbocycles. The van der Waals surface area contributed by atoms with Crippen LogP contribution in [0.3, 0.4) is 0 Å². The van der Waals surface area contributed by atoms with Crippen molar-refractivity contribution in [1.82, 2.24) is 4.90 Å². The van der Waals surface area contributed by atoms with Gasteiger partial charge in [-0.15, -0.1) is 0 Å². The van der Waals surface area contributed by atoms with Gasteiger partial charge in [0.2, 0.25) is 0 Å². The van der Waals surface area contributed by atoms with Crippen LogP contribution in [0.2, 0.25) is 0 Å². The SMILES string of the molecule is Cc1ccccc1C1OCCN1C. The Hall–Kier alpha value is -0.860. The highest BCUT2D eigenvalue weighted by molar-refractivity contribution is 5.27. The molecule has 0 saturated carbocycles. The lowest BCUT2D eigenvalue weighted by atomic mass is 10.1. The molecule has 2 nitrogen and oxygen atoms in total. The number of likely N-dealkylation sites (N-methyl/N-ethyl adjacent to an activating group) is 1. The van der Waals surface area contributed by atoms with Gasteiger partial charge >= 0.3 is 0 Å². The lowest BCUT2D eigenvalue weighted by Gasteiger charge is -2.19. The van der Waals surface area contributed by atoms with Gasteiger partial charge in [-0.05, 0) is 25.1 Å². The Morgan fingerprint density at radius 3 is 2.77 bits per heavy atom. The summed E-state index contributed by atoms with van der Waals surface area (Å²) in [6.07, 6.45) is 0.168. The molecule has 1 saturated heterocycles. The van der Waals surface area contributed by atoms with Gasteiger partial charge in [0.05, 0.1) is 6.61 Å². The number of ether oxygens (including phenoxy) is 1. The highest BCUT2D eigenvalue weighted by Crippen LogP contribution is 2.27. The van der Waals surface area contributed by atoms with Crippen LogP contribution in [0, 0.1) is 6.92 Å². The predicted octanol–water partition coefficient (Wildman–Crippen LogP) is 1.96. The summed E-state index contributed by atoms with van der Waals surface area (Å²) in [5.41, 5.74) is 2.60. The van der Waals surface area contributed by atoms with Crippen molar-refractivity contribution in [2.75, 3.05) is 20.2 Å². The smallest absolute Gasteiger partial charge is 0.136 e. The quantitative estimate of drug-likeness (QED) is 0.650. The molecule has 2 heteroatoms. The molecular formula is C11H15NO. The molecule has 0 bridgehead atoms. The molecule has 13 heavy (non-hydrogen) atoms. The van der Waals surface area contributed by atoms with E-state index in [1.165, 1.54) is 11.1 Å². The Morgan fingerprint density at radius 2 is 2.15 bits per heavy atom. The van der Waals surface area contributed by atoms with Crippen molar-refractivity contribution in [3.63, 3.8) is 0 Å². The Kier molecular flexibility index (Phi) is 2.34. The maximum absolute atomic E-state index is 5.66. The summed E-state index contributed by atoms with van der Waals surface area (Å²) in [6, 6.07) is 8.40. The van der Waals surface area contributed by atoms with E-state index in [-0.39, 0.29) is 6.23 Å². The third-order valence-corrected chi connectivity index (χ3v) is 2.57. The average Bonchev–Trinajstić information content (AvgIpc) is 2.52. The number of nitrogens with zero attached hydrogens (tertiary/aromatic N) is 1. The molecular weight excluding hydrogens is 162 g/mol. The molecule has 1 aliphatic heterocycles. The topological polar surface area (TPSA) is 12.5 Å². The standard InChI is InChI=1S/C11H15NO/c1-9-5-3-4-6-10(9)11-12(2)7-8-13-11/h3-6,11H,7-8H2,1-2H3. The first-order chi connectivity index (χ1) is 6.29. The lowest BCUT2D eigenvalue weighted by Crippen LogP contribution is -2.18. The van der Waals surface area contributed by atoms with Crippen molar-refractivity contribution in [3.8, 4) is 0 Å². The minimum Gasteiger partial charge on any atom is -0.358 e. The largest absolute Gasteiger partial charge is 0.358 e. The summed E-state index contributed by atoms with van der Waals surface area (Å²) < 4.78 is 5.66. The second kappa shape index (κ2) is 3.48. The van der Waals surface area contributed by atoms with Crippen LogP contribution in [-0.2, 0) is 4.74 Å². The number of hydrogen-bond donors (Lipinski definition) is 0. The van der Waals surface area contributed by atoms with Gasteiger partial charge in [-0.3, -0.25) is 4.90 Å². The zero-order valence-electron chi connectivity index (χ0n) is 8.16. The van der Waals surface area contributed by atoms with Gasteiger partial charge in [0.25, 0.3) is 0 Å². The van der Waals surface area contributed by atoms with Crippen molar-refractivity contribution in [1.29, 1.82) is 0 Å². The molecule has 1 heterocycles. The minimum atomic E-state index is 0.168. The molecule has 0 aliphatic carbocycles. The molecule has 1 fully saturated rings. The van der Waals surface area contributed by atoms with Crippen LogP contribution >= 0.6 is 0 Å². The Labute approximate surface area is 79.1 Å². The fraction of sp³-hybridized carbons (Fsp3) is 0.455. The van der Waals surface area contributed by atoms with Gasteiger partial charge in [0.15, 0.2) is 0 Å². The predicted molar refractivity (Wildman–Crippen MR) is 52.5 cm³/mol. The van der Waals surface area contributed by atoms with E-state index in [0.717, 1.165) is 13.2 Å². The van der Waals surface area contributed by atoms with Crippen LogP contribution in [0.1, 0.15) is 17.4 Å². The summed E-state index contributed by atoms with van der Waals surface area (Å²) in [7, 11) is 2.10. The van der Waals surface area contributed by atoms with Crippen molar-refractivity contribution >= 4 is 0 Å². The lowest BCUT2D eigenvalue weighted by molar-refractivity contribution is 0.0449. The van der Waals surface area contributed by atoms with Crippen LogP contribution in [0.15, 0.2) is 24.3 Å². The van der Waals surface area contributed by atoms with E-state index in [1.807, 2.05) is 0 Å². The molecule has 0 aromatic heterocycles. The van der Waals surface area contributed by atoms with Crippen LogP contribution in [-0.4, -0.2) is 25.1 Å². The summed E-state index contributed by atoms with van der Waals surface area (Å²) in [5, 5.41) is 0. The molecule has 1 atom stereocenters. The van der Waals surface area contributed by atoms with E-state index < -0.39 is 0 Å². The third-order valence-electron chi connectivity index (χ3n) is 2.57. The van der Waals surface area contributed by atoms with Crippen LogP contribution in [0.25, 0.3) is 0 Å². The van der Waals surface area contributed by atoms with Crippen LogP contribution < -0.4 is 0 Å². The maximum Gasteiger partial charge on any atom is 0.136 e. The Bertz CT molecular complexity index is 298. The number of hydrogen-bond acceptors (Lipinski definition) is 2. The molecule has 70 valence electrons. The van der Waals surface area contributed by atoms with Gasteiger partial charge in [0, 0.05) is 6.54 Å². The fourth-order valence-corrected chi connectivity index (χ4v) is 1.74. The Balaban J connectivity index is 2.29. The second-order valence-corrected chi connectivity index (χ2v) is 3.56. The molecule has 0 amide bonds. The van der Waals surface area contributed by atoms with E-state index in [2.05, 4.69) is 43.1 Å². The van der Waals surface area contributed by atoms with E-state index in [9.17, 15) is 0 Å². The van der Waals surface area contributed by atoms with Crippen molar-refractivity contribution in [3.05, 3.63) is 35.4 Å². The number of rotatable bonds is 1. The average molecular weight is 177 g/mol. The van der Waals surface area contributed by atoms with Gasteiger partial charge in [-0.1, -0.05) is 24.3 Å². The van der Waals surface area contributed by atoms with Crippen molar-refractivity contribution in [2.24, 2.45) is 0 Å². The molecule has 0 spiro atoms. The zero-order valence-corrected chi connectivity index (χ0v) is 8.16. The number of benzene rings is 1. The first kappa shape index (κ1) is 8.73. The van der Waals surface area contributed by atoms with Crippen molar-refractivity contribution < 1.29 is 4.74 Å². The second-order valence-electron chi connectivity index (χ2n) is 3.56. The van der Waals surface area contributed by atoms with Crippen molar-refractivity contribution in [2.45, 2.75) is 13.2 Å². The molecule has 1 aromatic rings. The highest BCUT2D eigenvalue weighted by atomic mass is 16.5. The van der Waals surface area contributed by atoms with E-state index in [1.54, 1.807) is 0 Å². The first-order valence-electron chi connectivity index (χ1n) is 4.66. The Morgan fingerprint density at radius 1 is 1.38 bits per heavy atom. The first-order valence-corrected chi connectivity index (χ1v) is 4.66. The summed E-state index contributed by atoms with van der Waals surface area (Å²) in [5.74, 6) is 0. The molecule has 0 radical (unpaired) electrons. The van der Waals surface area contributed by atoms with E-state index in [0.29, 0.717) is 0 Å². The van der Waals surface area contributed by atoms with E-state index in [4.69, 9.17) is 4.74 Å². The maximum atomic E-state index is 5.66. The van der Waals surface area contributed by atoms with Gasteiger partial charge in [0.1, 0.15) is 6.23 Å². The molecule has 1 aliphatic rings. The van der Waals surface area contributed by atoms with Crippen LogP contribution in [0.5, 0.6) is 0 Å². The summed E-state index contributed by atoms with van der Waals surface area (Å²) in [4.78, 5) is 2.24. The molecule has 0 N–H and O–H groups in total. The molecule has 2 rings (SSSR count). The van der Waals surface area contributed by atoms with Gasteiger partial charge in [-0.2, -0.15) is 0 Å². The molecule has 1 unspecified atom stereocenters. The summed E-state index contributed by atoms with van der Waals surface area (Å²) in [6.45, 7) is 4.00. The minimum absolute atomic E-state index is 0.168. The fourth-order valence-electron chi connectivity index (χ4n) is 1.74. The van der Waals surface area contributed by atoms with Gasteiger partial charge < -0.3 is 4.74 Å². The summed E-state index contributed by atoms with van der Waals surface area (Å²) >= 11 is 0. The number of aryl methyl sites for hydroxylation is 1. The normalized spacial score (nSPS) is 23.7. The zero-order chi connectivity index (χ0) is 9.26. The third kappa shape index (κ3) is 1.60. The van der Waals surface area contributed by atoms with Gasteiger partial charge in [-0.25, -0.2) is 0 Å². The van der Waals surface area contributed by atoms with Crippen LogP contribution in [0.4, 0.5) is 0 Å².